The molecule has 3 aromatic rings. The fourth-order valence-corrected chi connectivity index (χ4v) is 2.08. The van der Waals surface area contributed by atoms with Gasteiger partial charge in [-0.3, -0.25) is 4.98 Å². The van der Waals surface area contributed by atoms with Crippen LogP contribution in [-0.2, 0) is 0 Å². The van der Waals surface area contributed by atoms with Crippen molar-refractivity contribution in [2.45, 2.75) is 0 Å². The smallest absolute Gasteiger partial charge is 0.260 e. The quantitative estimate of drug-likeness (QED) is 0.711. The molecule has 1 aromatic carbocycles. The zero-order valence-electron chi connectivity index (χ0n) is 10.0. The molecule has 0 unspecified atom stereocenters. The fraction of sp³-hybridized carbons (Fsp3) is 0. The van der Waals surface area contributed by atoms with Crippen LogP contribution < -0.4 is 5.73 Å². The molecule has 2 aromatic heterocycles. The molecule has 2 N–H and O–H groups in total. The lowest BCUT2D eigenvalue weighted by atomic mass is 10.2. The summed E-state index contributed by atoms with van der Waals surface area (Å²) in [4.78, 5) is 8.49. The summed E-state index contributed by atoms with van der Waals surface area (Å²) in [6, 6.07) is 8.89. The van der Waals surface area contributed by atoms with E-state index in [4.69, 9.17) is 21.9 Å². The van der Waals surface area contributed by atoms with E-state index in [2.05, 4.69) is 31.1 Å². The normalized spacial score (nSPS) is 10.7. The summed E-state index contributed by atoms with van der Waals surface area (Å²) in [5.41, 5.74) is 7.53. The van der Waals surface area contributed by atoms with Gasteiger partial charge < -0.3 is 10.3 Å². The molecule has 100 valence electrons. The number of rotatable bonds is 2. The molecule has 0 spiro atoms. The minimum absolute atomic E-state index is 0.310. The summed E-state index contributed by atoms with van der Waals surface area (Å²) in [6.07, 6.45) is 1.67. The number of hydrogen-bond donors (Lipinski definition) is 1. The zero-order valence-corrected chi connectivity index (χ0v) is 12.4. The lowest BCUT2D eigenvalue weighted by Gasteiger charge is -2.01. The molecule has 0 aliphatic carbocycles. The number of nitrogen functional groups attached to an aromatic ring is 1. The van der Waals surface area contributed by atoms with E-state index < -0.39 is 0 Å². The van der Waals surface area contributed by atoms with Gasteiger partial charge in [0.15, 0.2) is 0 Å². The van der Waals surface area contributed by atoms with Crippen LogP contribution in [0.4, 0.5) is 5.69 Å². The van der Waals surface area contributed by atoms with Crippen LogP contribution in [-0.4, -0.2) is 15.1 Å². The largest absolute Gasteiger partial charge is 0.397 e. The Bertz CT molecular complexity index is 757. The first-order chi connectivity index (χ1) is 9.65. The van der Waals surface area contributed by atoms with Crippen LogP contribution in [0.5, 0.6) is 0 Å². The molecule has 3 rings (SSSR count). The first-order valence-electron chi connectivity index (χ1n) is 5.65. The molecule has 0 amide bonds. The first kappa shape index (κ1) is 13.1. The second-order valence-corrected chi connectivity index (χ2v) is 5.31. The SMILES string of the molecule is Nc1c(Cl)cccc1-c1nc(-c2ccc(Br)cn2)no1. The minimum atomic E-state index is 0.310. The summed E-state index contributed by atoms with van der Waals surface area (Å²) >= 11 is 9.29. The number of aromatic nitrogens is 3. The van der Waals surface area contributed by atoms with Crippen molar-refractivity contribution in [1.29, 1.82) is 0 Å². The van der Waals surface area contributed by atoms with Crippen molar-refractivity contribution >= 4 is 33.2 Å². The van der Waals surface area contributed by atoms with Crippen molar-refractivity contribution < 1.29 is 4.52 Å². The summed E-state index contributed by atoms with van der Waals surface area (Å²) in [7, 11) is 0. The average Bonchev–Trinajstić information content (AvgIpc) is 2.92. The van der Waals surface area contributed by atoms with Gasteiger partial charge in [-0.2, -0.15) is 4.98 Å². The molecule has 5 nitrogen and oxygen atoms in total. The Balaban J connectivity index is 2.02. The second kappa shape index (κ2) is 5.22. The van der Waals surface area contributed by atoms with E-state index in [1.807, 2.05) is 6.07 Å². The molecule has 7 heteroatoms. The van der Waals surface area contributed by atoms with Crippen LogP contribution in [0.1, 0.15) is 0 Å². The highest BCUT2D eigenvalue weighted by Gasteiger charge is 2.14. The third-order valence-corrected chi connectivity index (χ3v) is 3.46. The topological polar surface area (TPSA) is 77.8 Å². The molecule has 20 heavy (non-hydrogen) atoms. The molecule has 0 saturated heterocycles. The summed E-state index contributed by atoms with van der Waals surface area (Å²) in [5.74, 6) is 0.705. The molecule has 0 aliphatic heterocycles. The Morgan fingerprint density at radius 3 is 2.80 bits per heavy atom. The van der Waals surface area contributed by atoms with E-state index >= 15 is 0 Å². The van der Waals surface area contributed by atoms with E-state index in [9.17, 15) is 0 Å². The maximum absolute atomic E-state index is 5.97. The Morgan fingerprint density at radius 2 is 2.05 bits per heavy atom. The van der Waals surface area contributed by atoms with Gasteiger partial charge in [0.1, 0.15) is 5.69 Å². The van der Waals surface area contributed by atoms with E-state index in [0.717, 1.165) is 4.47 Å². The van der Waals surface area contributed by atoms with E-state index in [1.54, 1.807) is 30.5 Å². The molecule has 0 aliphatic rings. The van der Waals surface area contributed by atoms with Crippen LogP contribution in [0.2, 0.25) is 5.02 Å². The summed E-state index contributed by atoms with van der Waals surface area (Å²) in [6.45, 7) is 0. The lowest BCUT2D eigenvalue weighted by Crippen LogP contribution is -1.91. The Kier molecular flexibility index (Phi) is 3.42. The van der Waals surface area contributed by atoms with E-state index in [1.165, 1.54) is 0 Å². The minimum Gasteiger partial charge on any atom is -0.397 e. The van der Waals surface area contributed by atoms with Crippen LogP contribution in [0.15, 0.2) is 45.5 Å². The fourth-order valence-electron chi connectivity index (χ4n) is 1.67. The van der Waals surface area contributed by atoms with Crippen molar-refractivity contribution in [2.24, 2.45) is 0 Å². The molecule has 2 heterocycles. The highest BCUT2D eigenvalue weighted by molar-refractivity contribution is 9.10. The van der Waals surface area contributed by atoms with Crippen molar-refractivity contribution in [1.82, 2.24) is 15.1 Å². The van der Waals surface area contributed by atoms with Gasteiger partial charge >= 0.3 is 0 Å². The first-order valence-corrected chi connectivity index (χ1v) is 6.82. The van der Waals surface area contributed by atoms with Gasteiger partial charge in [0.2, 0.25) is 5.82 Å². The molecule has 0 radical (unpaired) electrons. The standard InChI is InChI=1S/C13H8BrClN4O/c14-7-4-5-10(17-6-7)12-18-13(20-19-12)8-2-1-3-9(15)11(8)16/h1-6H,16H2. The molecule has 0 atom stereocenters. The molecule has 0 saturated carbocycles. The average molecular weight is 352 g/mol. The molecular formula is C13H8BrClN4O. The Morgan fingerprint density at radius 1 is 1.20 bits per heavy atom. The van der Waals surface area contributed by atoms with Crippen LogP contribution >= 0.6 is 27.5 Å². The van der Waals surface area contributed by atoms with Crippen LogP contribution in [0.3, 0.4) is 0 Å². The van der Waals surface area contributed by atoms with Crippen molar-refractivity contribution in [3.05, 3.63) is 46.0 Å². The van der Waals surface area contributed by atoms with Crippen LogP contribution in [0, 0.1) is 0 Å². The number of nitrogens with zero attached hydrogens (tertiary/aromatic N) is 3. The molecular weight excluding hydrogens is 344 g/mol. The number of nitrogens with two attached hydrogens (primary N) is 1. The van der Waals surface area contributed by atoms with Crippen molar-refractivity contribution in [3.8, 4) is 23.0 Å². The summed E-state index contributed by atoms with van der Waals surface area (Å²) < 4.78 is 6.10. The van der Waals surface area contributed by atoms with Crippen molar-refractivity contribution in [3.63, 3.8) is 0 Å². The van der Waals surface area contributed by atoms with Gasteiger partial charge in [0.25, 0.3) is 5.89 Å². The van der Waals surface area contributed by atoms with E-state index in [-0.39, 0.29) is 0 Å². The van der Waals surface area contributed by atoms with Gasteiger partial charge in [0.05, 0.1) is 16.3 Å². The number of pyridine rings is 1. The monoisotopic (exact) mass is 350 g/mol. The Labute approximate surface area is 127 Å². The third kappa shape index (κ3) is 2.39. The van der Waals surface area contributed by atoms with Gasteiger partial charge in [-0.25, -0.2) is 0 Å². The predicted octanol–water partition coefficient (Wildman–Crippen LogP) is 3.80. The van der Waals surface area contributed by atoms with Gasteiger partial charge in [0, 0.05) is 10.7 Å². The van der Waals surface area contributed by atoms with Gasteiger partial charge in [-0.05, 0) is 40.2 Å². The van der Waals surface area contributed by atoms with Gasteiger partial charge in [-0.15, -0.1) is 0 Å². The number of halogens is 2. The maximum Gasteiger partial charge on any atom is 0.260 e. The maximum atomic E-state index is 5.97. The lowest BCUT2D eigenvalue weighted by molar-refractivity contribution is 0.432. The van der Waals surface area contributed by atoms with Gasteiger partial charge in [-0.1, -0.05) is 22.8 Å². The number of para-hydroxylation sites is 1. The van der Waals surface area contributed by atoms with Crippen LogP contribution in [0.25, 0.3) is 23.0 Å². The summed E-state index contributed by atoms with van der Waals surface area (Å²) in [5, 5.41) is 4.35. The highest BCUT2D eigenvalue weighted by atomic mass is 79.9. The Hall–Kier alpha value is -1.92. The highest BCUT2D eigenvalue weighted by Crippen LogP contribution is 2.31. The number of hydrogen-bond acceptors (Lipinski definition) is 5. The third-order valence-electron chi connectivity index (χ3n) is 2.67. The predicted molar refractivity (Wildman–Crippen MR) is 80.1 cm³/mol. The molecule has 0 fully saturated rings. The number of benzene rings is 1. The van der Waals surface area contributed by atoms with Crippen molar-refractivity contribution in [2.75, 3.05) is 5.73 Å². The molecule has 0 bridgehead atoms. The van der Waals surface area contributed by atoms with E-state index in [0.29, 0.717) is 33.7 Å². The zero-order chi connectivity index (χ0) is 14.1. The number of anilines is 1. The second-order valence-electron chi connectivity index (χ2n) is 3.99.